The second-order valence-electron chi connectivity index (χ2n) is 3.75. The Kier molecular flexibility index (Phi) is 2.22. The third-order valence-electron chi connectivity index (χ3n) is 2.66. The van der Waals surface area contributed by atoms with Crippen molar-refractivity contribution in [3.63, 3.8) is 0 Å². The SMILES string of the molecule is Cc1c(Cn2nc(N)cc2C)cnn1C. The molecule has 80 valence electrons. The molecule has 2 heterocycles. The van der Waals surface area contributed by atoms with Gasteiger partial charge in [0.2, 0.25) is 0 Å². The van der Waals surface area contributed by atoms with E-state index in [2.05, 4.69) is 10.2 Å². The summed E-state index contributed by atoms with van der Waals surface area (Å²) in [4.78, 5) is 0. The Morgan fingerprint density at radius 1 is 1.40 bits per heavy atom. The standard InChI is InChI=1S/C10H15N5/c1-7-4-10(11)13-15(7)6-9-5-12-14(3)8(9)2/h4-5H,6H2,1-3H3,(H2,11,13). The Bertz CT molecular complexity index is 480. The van der Waals surface area contributed by atoms with E-state index in [-0.39, 0.29) is 0 Å². The molecule has 0 saturated heterocycles. The van der Waals surface area contributed by atoms with Crippen LogP contribution in [0.15, 0.2) is 12.3 Å². The summed E-state index contributed by atoms with van der Waals surface area (Å²) in [6.07, 6.45) is 1.87. The first-order valence-corrected chi connectivity index (χ1v) is 4.85. The van der Waals surface area contributed by atoms with Crippen molar-refractivity contribution in [3.05, 3.63) is 29.2 Å². The molecule has 5 nitrogen and oxygen atoms in total. The average molecular weight is 205 g/mol. The van der Waals surface area contributed by atoms with Gasteiger partial charge >= 0.3 is 0 Å². The third-order valence-corrected chi connectivity index (χ3v) is 2.66. The van der Waals surface area contributed by atoms with Crippen molar-refractivity contribution < 1.29 is 0 Å². The van der Waals surface area contributed by atoms with E-state index in [1.54, 1.807) is 0 Å². The summed E-state index contributed by atoms with van der Waals surface area (Å²) in [6.45, 7) is 4.77. The Hall–Kier alpha value is -1.78. The number of hydrogen-bond donors (Lipinski definition) is 1. The van der Waals surface area contributed by atoms with Gasteiger partial charge in [0, 0.05) is 30.1 Å². The van der Waals surface area contributed by atoms with E-state index in [1.807, 2.05) is 42.5 Å². The van der Waals surface area contributed by atoms with Gasteiger partial charge in [-0.05, 0) is 13.8 Å². The highest BCUT2D eigenvalue weighted by molar-refractivity contribution is 5.29. The van der Waals surface area contributed by atoms with Gasteiger partial charge in [-0.15, -0.1) is 0 Å². The summed E-state index contributed by atoms with van der Waals surface area (Å²) in [5.74, 6) is 0.564. The van der Waals surface area contributed by atoms with Crippen LogP contribution in [-0.2, 0) is 13.6 Å². The number of nitrogens with zero attached hydrogens (tertiary/aromatic N) is 4. The molecule has 0 spiro atoms. The Morgan fingerprint density at radius 2 is 2.13 bits per heavy atom. The molecule has 2 aromatic heterocycles. The second-order valence-corrected chi connectivity index (χ2v) is 3.75. The molecule has 0 bridgehead atoms. The largest absolute Gasteiger partial charge is 0.382 e. The van der Waals surface area contributed by atoms with Gasteiger partial charge in [0.1, 0.15) is 5.82 Å². The molecular weight excluding hydrogens is 190 g/mol. The maximum absolute atomic E-state index is 5.62. The molecule has 0 aliphatic rings. The first-order chi connectivity index (χ1) is 7.08. The molecule has 0 amide bonds. The quantitative estimate of drug-likeness (QED) is 0.791. The first-order valence-electron chi connectivity index (χ1n) is 4.85. The summed E-state index contributed by atoms with van der Waals surface area (Å²) in [7, 11) is 1.93. The van der Waals surface area contributed by atoms with E-state index in [0.29, 0.717) is 5.82 Å². The molecule has 15 heavy (non-hydrogen) atoms. The lowest BCUT2D eigenvalue weighted by Gasteiger charge is -2.03. The van der Waals surface area contributed by atoms with Crippen molar-refractivity contribution in [3.8, 4) is 0 Å². The van der Waals surface area contributed by atoms with Crippen molar-refractivity contribution in [2.75, 3.05) is 5.73 Å². The normalized spacial score (nSPS) is 10.9. The van der Waals surface area contributed by atoms with E-state index in [9.17, 15) is 0 Å². The van der Waals surface area contributed by atoms with E-state index in [1.165, 1.54) is 5.56 Å². The van der Waals surface area contributed by atoms with Crippen LogP contribution in [0.2, 0.25) is 0 Å². The van der Waals surface area contributed by atoms with Gasteiger partial charge in [0.25, 0.3) is 0 Å². The Labute approximate surface area is 88.5 Å². The maximum Gasteiger partial charge on any atom is 0.145 e. The average Bonchev–Trinajstić information content (AvgIpc) is 2.64. The van der Waals surface area contributed by atoms with Gasteiger partial charge in [-0.2, -0.15) is 10.2 Å². The summed E-state index contributed by atoms with van der Waals surface area (Å²) >= 11 is 0. The van der Waals surface area contributed by atoms with Crippen molar-refractivity contribution in [1.29, 1.82) is 0 Å². The summed E-state index contributed by atoms with van der Waals surface area (Å²) in [6, 6.07) is 1.87. The number of aryl methyl sites for hydroxylation is 2. The molecular formula is C10H15N5. The molecule has 2 aromatic rings. The highest BCUT2D eigenvalue weighted by atomic mass is 15.3. The lowest BCUT2D eigenvalue weighted by Crippen LogP contribution is -2.05. The lowest BCUT2D eigenvalue weighted by molar-refractivity contribution is 0.661. The number of anilines is 1. The van der Waals surface area contributed by atoms with E-state index in [4.69, 9.17) is 5.73 Å². The lowest BCUT2D eigenvalue weighted by atomic mass is 10.2. The molecule has 0 aliphatic carbocycles. The molecule has 2 N–H and O–H groups in total. The van der Waals surface area contributed by atoms with Crippen LogP contribution < -0.4 is 5.73 Å². The fraction of sp³-hybridized carbons (Fsp3) is 0.400. The van der Waals surface area contributed by atoms with Crippen LogP contribution >= 0.6 is 0 Å². The van der Waals surface area contributed by atoms with Crippen LogP contribution in [0.4, 0.5) is 5.82 Å². The summed E-state index contributed by atoms with van der Waals surface area (Å²) in [5, 5.41) is 8.41. The molecule has 0 fully saturated rings. The summed E-state index contributed by atoms with van der Waals surface area (Å²) in [5.41, 5.74) is 9.02. The predicted molar refractivity (Wildman–Crippen MR) is 58.4 cm³/mol. The predicted octanol–water partition coefficient (Wildman–Crippen LogP) is 0.864. The van der Waals surface area contributed by atoms with Gasteiger partial charge in [-0.1, -0.05) is 0 Å². The molecule has 0 atom stereocenters. The molecule has 0 radical (unpaired) electrons. The number of nitrogens with two attached hydrogens (primary N) is 1. The fourth-order valence-electron chi connectivity index (χ4n) is 1.56. The van der Waals surface area contributed by atoms with Gasteiger partial charge in [-0.25, -0.2) is 0 Å². The van der Waals surface area contributed by atoms with Gasteiger partial charge < -0.3 is 5.73 Å². The smallest absolute Gasteiger partial charge is 0.145 e. The van der Waals surface area contributed by atoms with Crippen LogP contribution in [0.1, 0.15) is 17.0 Å². The summed E-state index contributed by atoms with van der Waals surface area (Å²) < 4.78 is 3.75. The van der Waals surface area contributed by atoms with Gasteiger partial charge in [0.05, 0.1) is 12.7 Å². The molecule has 5 heteroatoms. The molecule has 0 saturated carbocycles. The number of hydrogen-bond acceptors (Lipinski definition) is 3. The molecule has 0 unspecified atom stereocenters. The van der Waals surface area contributed by atoms with Crippen molar-refractivity contribution in [1.82, 2.24) is 19.6 Å². The van der Waals surface area contributed by atoms with Crippen LogP contribution in [0.5, 0.6) is 0 Å². The maximum atomic E-state index is 5.62. The highest BCUT2D eigenvalue weighted by Crippen LogP contribution is 2.11. The minimum atomic E-state index is 0.564. The number of rotatable bonds is 2. The molecule has 2 rings (SSSR count). The zero-order chi connectivity index (χ0) is 11.0. The van der Waals surface area contributed by atoms with Crippen LogP contribution in [0.3, 0.4) is 0 Å². The third kappa shape index (κ3) is 1.72. The second kappa shape index (κ2) is 3.42. The topological polar surface area (TPSA) is 61.7 Å². The van der Waals surface area contributed by atoms with Crippen LogP contribution in [0.25, 0.3) is 0 Å². The van der Waals surface area contributed by atoms with E-state index >= 15 is 0 Å². The highest BCUT2D eigenvalue weighted by Gasteiger charge is 2.07. The Morgan fingerprint density at radius 3 is 2.60 bits per heavy atom. The van der Waals surface area contributed by atoms with Gasteiger partial charge in [-0.3, -0.25) is 9.36 Å². The molecule has 0 aliphatic heterocycles. The van der Waals surface area contributed by atoms with Crippen LogP contribution in [-0.4, -0.2) is 19.6 Å². The van der Waals surface area contributed by atoms with E-state index < -0.39 is 0 Å². The first kappa shape index (κ1) is 9.76. The Balaban J connectivity index is 2.29. The minimum Gasteiger partial charge on any atom is -0.382 e. The monoisotopic (exact) mass is 205 g/mol. The zero-order valence-electron chi connectivity index (χ0n) is 9.23. The number of nitrogen functional groups attached to an aromatic ring is 1. The number of aromatic nitrogens is 4. The van der Waals surface area contributed by atoms with E-state index in [0.717, 1.165) is 17.9 Å². The van der Waals surface area contributed by atoms with Crippen LogP contribution in [0, 0.1) is 13.8 Å². The van der Waals surface area contributed by atoms with Crippen molar-refractivity contribution in [2.24, 2.45) is 7.05 Å². The fourth-order valence-corrected chi connectivity index (χ4v) is 1.56. The van der Waals surface area contributed by atoms with Gasteiger partial charge in [0.15, 0.2) is 0 Å². The van der Waals surface area contributed by atoms with Crippen molar-refractivity contribution >= 4 is 5.82 Å². The minimum absolute atomic E-state index is 0.564. The van der Waals surface area contributed by atoms with Crippen molar-refractivity contribution in [2.45, 2.75) is 20.4 Å². The zero-order valence-corrected chi connectivity index (χ0v) is 9.23. The molecule has 0 aromatic carbocycles.